The number of anilines is 1. The number of halogens is 4. The summed E-state index contributed by atoms with van der Waals surface area (Å²) >= 11 is 7.55. The molecule has 0 fully saturated rings. The number of carbonyl (C=O) groups is 1. The van der Waals surface area contributed by atoms with Crippen molar-refractivity contribution < 1.29 is 26.4 Å². The van der Waals surface area contributed by atoms with Crippen molar-refractivity contribution in [2.75, 3.05) is 17.2 Å². The molecular weight excluding hydrogens is 411 g/mol. The molecule has 2 aromatic carbocycles. The zero-order chi connectivity index (χ0) is 19.1. The minimum atomic E-state index is -5.44. The average molecular weight is 422 g/mol. The summed E-state index contributed by atoms with van der Waals surface area (Å²) in [4.78, 5) is 14.2. The largest absolute Gasteiger partial charge is 0.501 e. The van der Waals surface area contributed by atoms with Gasteiger partial charge in [-0.25, -0.2) is 8.42 Å². The Morgan fingerprint density at radius 1 is 1.12 bits per heavy atom. The van der Waals surface area contributed by atoms with Crippen LogP contribution in [0.5, 0.6) is 0 Å². The number of alkyl halides is 3. The molecule has 1 amide bonds. The number of nitrogens with zero attached hydrogens (tertiary/aromatic N) is 1. The Morgan fingerprint density at radius 3 is 2.38 bits per heavy atom. The first-order valence-corrected chi connectivity index (χ1v) is 10.1. The van der Waals surface area contributed by atoms with Crippen molar-refractivity contribution in [1.82, 2.24) is 0 Å². The fourth-order valence-corrected chi connectivity index (χ4v) is 4.37. The summed E-state index contributed by atoms with van der Waals surface area (Å²) in [5.41, 5.74) is -4.69. The van der Waals surface area contributed by atoms with Gasteiger partial charge in [0.05, 0.1) is 10.6 Å². The molecule has 0 aromatic heterocycles. The first kappa shape index (κ1) is 19.1. The zero-order valence-corrected chi connectivity index (χ0v) is 15.3. The van der Waals surface area contributed by atoms with Crippen LogP contribution in [0.3, 0.4) is 0 Å². The van der Waals surface area contributed by atoms with Gasteiger partial charge in [0, 0.05) is 27.8 Å². The van der Waals surface area contributed by atoms with E-state index in [0.717, 1.165) is 29.2 Å². The highest BCUT2D eigenvalue weighted by Crippen LogP contribution is 2.37. The van der Waals surface area contributed by atoms with E-state index < -0.39 is 26.1 Å². The molecule has 0 unspecified atom stereocenters. The number of hydrogen-bond donors (Lipinski definition) is 0. The van der Waals surface area contributed by atoms with Gasteiger partial charge in [-0.15, -0.1) is 11.8 Å². The van der Waals surface area contributed by atoms with E-state index in [1.807, 2.05) is 0 Å². The number of fused-ring (bicyclic) bond motifs is 1. The van der Waals surface area contributed by atoms with Gasteiger partial charge < -0.3 is 4.90 Å². The van der Waals surface area contributed by atoms with E-state index in [-0.39, 0.29) is 5.56 Å². The van der Waals surface area contributed by atoms with Gasteiger partial charge in [0.2, 0.25) is 0 Å². The first-order valence-electron chi connectivity index (χ1n) is 7.27. The van der Waals surface area contributed by atoms with Crippen LogP contribution in [-0.4, -0.2) is 32.1 Å². The van der Waals surface area contributed by atoms with Crippen molar-refractivity contribution in [2.45, 2.75) is 15.3 Å². The molecule has 4 nitrogen and oxygen atoms in total. The molecule has 26 heavy (non-hydrogen) atoms. The van der Waals surface area contributed by atoms with Crippen molar-refractivity contribution in [2.24, 2.45) is 0 Å². The third-order valence-electron chi connectivity index (χ3n) is 3.75. The topological polar surface area (TPSA) is 54.5 Å². The smallest absolute Gasteiger partial charge is 0.306 e. The number of rotatable bonds is 2. The number of benzene rings is 2. The number of amides is 1. The molecule has 10 heteroatoms. The monoisotopic (exact) mass is 421 g/mol. The summed E-state index contributed by atoms with van der Waals surface area (Å²) in [6.45, 7) is 0.402. The lowest BCUT2D eigenvalue weighted by atomic mass is 10.1. The minimum Gasteiger partial charge on any atom is -0.306 e. The maximum absolute atomic E-state index is 12.7. The second-order valence-electron chi connectivity index (χ2n) is 5.39. The number of hydrogen-bond acceptors (Lipinski definition) is 4. The third kappa shape index (κ3) is 3.43. The highest BCUT2D eigenvalue weighted by molar-refractivity contribution is 7.99. The normalized spacial score (nSPS) is 14.8. The molecule has 0 bridgehead atoms. The van der Waals surface area contributed by atoms with Crippen LogP contribution in [0.25, 0.3) is 0 Å². The standard InChI is InChI=1S/C16H11ClF3NO3S2/c17-11-3-6-14-13(9-11)21(7-8-25-14)15(22)10-1-4-12(5-2-10)26(23,24)16(18,19)20/h1-6,9H,7-8H2. The molecule has 1 aliphatic heterocycles. The third-order valence-corrected chi connectivity index (χ3v) is 6.53. The van der Waals surface area contributed by atoms with Gasteiger partial charge in [-0.1, -0.05) is 11.6 Å². The van der Waals surface area contributed by atoms with Gasteiger partial charge in [0.15, 0.2) is 0 Å². The predicted molar refractivity (Wildman–Crippen MR) is 93.5 cm³/mol. The van der Waals surface area contributed by atoms with Crippen LogP contribution in [0.1, 0.15) is 10.4 Å². The Bertz CT molecular complexity index is 960. The maximum atomic E-state index is 12.7. The van der Waals surface area contributed by atoms with Crippen LogP contribution in [-0.2, 0) is 9.84 Å². The molecule has 2 aromatic rings. The molecule has 0 radical (unpaired) electrons. The second kappa shape index (κ2) is 6.79. The van der Waals surface area contributed by atoms with E-state index >= 15 is 0 Å². The van der Waals surface area contributed by atoms with E-state index in [2.05, 4.69) is 0 Å². The van der Waals surface area contributed by atoms with Crippen LogP contribution in [0.2, 0.25) is 5.02 Å². The van der Waals surface area contributed by atoms with E-state index in [0.29, 0.717) is 23.0 Å². The lowest BCUT2D eigenvalue weighted by molar-refractivity contribution is -0.0436. The van der Waals surface area contributed by atoms with Gasteiger partial charge in [0.25, 0.3) is 15.7 Å². The van der Waals surface area contributed by atoms with E-state index in [1.54, 1.807) is 30.0 Å². The van der Waals surface area contributed by atoms with Gasteiger partial charge in [0.1, 0.15) is 0 Å². The number of sulfone groups is 1. The Hall–Kier alpha value is -1.71. The van der Waals surface area contributed by atoms with E-state index in [1.165, 1.54) is 4.90 Å². The highest BCUT2D eigenvalue weighted by atomic mass is 35.5. The van der Waals surface area contributed by atoms with Gasteiger partial charge >= 0.3 is 5.51 Å². The van der Waals surface area contributed by atoms with Crippen LogP contribution in [0.15, 0.2) is 52.3 Å². The zero-order valence-electron chi connectivity index (χ0n) is 13.0. The number of thioether (sulfide) groups is 1. The fourth-order valence-electron chi connectivity index (χ4n) is 2.47. The van der Waals surface area contributed by atoms with Crippen molar-refractivity contribution >= 4 is 44.8 Å². The first-order chi connectivity index (χ1) is 12.1. The van der Waals surface area contributed by atoms with Crippen LogP contribution in [0.4, 0.5) is 18.9 Å². The molecule has 3 rings (SSSR count). The average Bonchev–Trinajstić information content (AvgIpc) is 2.59. The number of carbonyl (C=O) groups excluding carboxylic acids is 1. The fraction of sp³-hybridized carbons (Fsp3) is 0.188. The van der Waals surface area contributed by atoms with Crippen molar-refractivity contribution in [3.8, 4) is 0 Å². The SMILES string of the molecule is O=C(c1ccc(S(=O)(=O)C(F)(F)F)cc1)N1CCSc2ccc(Cl)cc21. The Kier molecular flexibility index (Phi) is 4.98. The Balaban J connectivity index is 1.92. The quantitative estimate of drug-likeness (QED) is 0.721. The molecule has 0 saturated heterocycles. The molecule has 0 saturated carbocycles. The van der Waals surface area contributed by atoms with Gasteiger partial charge in [-0.3, -0.25) is 4.79 Å². The van der Waals surface area contributed by atoms with Crippen LogP contribution < -0.4 is 4.90 Å². The van der Waals surface area contributed by atoms with Crippen molar-refractivity contribution in [3.63, 3.8) is 0 Å². The lowest BCUT2D eigenvalue weighted by Crippen LogP contribution is -2.35. The maximum Gasteiger partial charge on any atom is 0.501 e. The summed E-state index contributed by atoms with van der Waals surface area (Å²) < 4.78 is 60.6. The summed E-state index contributed by atoms with van der Waals surface area (Å²) in [6, 6.07) is 8.86. The molecule has 138 valence electrons. The van der Waals surface area contributed by atoms with Crippen molar-refractivity contribution in [3.05, 3.63) is 53.1 Å². The molecule has 0 spiro atoms. The molecule has 1 aliphatic rings. The molecule has 1 heterocycles. The molecule has 0 aliphatic carbocycles. The highest BCUT2D eigenvalue weighted by Gasteiger charge is 2.46. The Labute approximate surface area is 156 Å². The molecule has 0 atom stereocenters. The summed E-state index contributed by atoms with van der Waals surface area (Å²) in [7, 11) is -5.44. The minimum absolute atomic E-state index is 0.0870. The van der Waals surface area contributed by atoms with E-state index in [9.17, 15) is 26.4 Å². The van der Waals surface area contributed by atoms with Crippen LogP contribution in [0, 0.1) is 0 Å². The molecule has 0 N–H and O–H groups in total. The Morgan fingerprint density at radius 2 is 1.77 bits per heavy atom. The summed E-state index contributed by atoms with van der Waals surface area (Å²) in [5.74, 6) is 0.214. The predicted octanol–water partition coefficient (Wildman–Crippen LogP) is 4.39. The lowest BCUT2D eigenvalue weighted by Gasteiger charge is -2.29. The van der Waals surface area contributed by atoms with E-state index in [4.69, 9.17) is 11.6 Å². The van der Waals surface area contributed by atoms with Crippen molar-refractivity contribution in [1.29, 1.82) is 0 Å². The summed E-state index contributed by atoms with van der Waals surface area (Å²) in [5, 5.41) is 0.454. The molecular formula is C16H11ClF3NO3S2. The second-order valence-corrected chi connectivity index (χ2v) is 8.91. The van der Waals surface area contributed by atoms with Gasteiger partial charge in [-0.05, 0) is 42.5 Å². The van der Waals surface area contributed by atoms with Crippen LogP contribution >= 0.6 is 23.4 Å². The summed E-state index contributed by atoms with van der Waals surface area (Å²) in [6.07, 6.45) is 0. The van der Waals surface area contributed by atoms with Gasteiger partial charge in [-0.2, -0.15) is 13.2 Å².